The monoisotopic (exact) mass is 491 g/mol. The van der Waals surface area contributed by atoms with Crippen molar-refractivity contribution in [3.8, 4) is 0 Å². The Labute approximate surface area is 204 Å². The first-order valence-electron chi connectivity index (χ1n) is 11.1. The minimum Gasteiger partial charge on any atom is -0.481 e. The van der Waals surface area contributed by atoms with E-state index in [-0.39, 0.29) is 17.7 Å². The van der Waals surface area contributed by atoms with Crippen molar-refractivity contribution in [1.29, 1.82) is 0 Å². The second kappa shape index (κ2) is 10.1. The number of carbonyl (C=O) groups is 2. The fourth-order valence-electron chi connectivity index (χ4n) is 4.06. The summed E-state index contributed by atoms with van der Waals surface area (Å²) in [5, 5.41) is 14.9. The molecule has 0 spiro atoms. The number of aliphatic carboxylic acids is 1. The minimum atomic E-state index is -3.84. The number of nitrogens with zero attached hydrogens (tertiary/aromatic N) is 2. The normalized spacial score (nSPS) is 15.5. The molecular formula is C26H25N3O5S. The standard InChI is InChI=1S/C26H25N3O5S/c1-18-9-5-6-12-20(18)24-17-23(27-29(24)25(30)15-16-26(31)32)21-13-7-8-14-22(21)28-35(33,34)19-10-3-2-4-11-19/h2-14,24,28H,15-17H2,1H3,(H,31,32)/t24-/m1/s1. The van der Waals surface area contributed by atoms with Crippen molar-refractivity contribution in [3.05, 3.63) is 95.6 Å². The third-order valence-corrected chi connectivity index (χ3v) is 7.18. The molecule has 0 unspecified atom stereocenters. The van der Waals surface area contributed by atoms with Crippen LogP contribution in [0.25, 0.3) is 0 Å². The Kier molecular flexibility index (Phi) is 6.97. The molecule has 0 saturated heterocycles. The first-order chi connectivity index (χ1) is 16.8. The molecule has 8 nitrogen and oxygen atoms in total. The number of anilines is 1. The number of hydrazone groups is 1. The summed E-state index contributed by atoms with van der Waals surface area (Å²) in [5.41, 5.74) is 3.31. The van der Waals surface area contributed by atoms with E-state index in [4.69, 9.17) is 5.11 Å². The highest BCUT2D eigenvalue weighted by Crippen LogP contribution is 2.36. The third-order valence-electron chi connectivity index (χ3n) is 5.80. The van der Waals surface area contributed by atoms with Gasteiger partial charge in [0.1, 0.15) is 0 Å². The van der Waals surface area contributed by atoms with Crippen LogP contribution in [-0.2, 0) is 19.6 Å². The summed E-state index contributed by atoms with van der Waals surface area (Å²) in [6.07, 6.45) is -0.126. The smallest absolute Gasteiger partial charge is 0.303 e. The quantitative estimate of drug-likeness (QED) is 0.486. The van der Waals surface area contributed by atoms with Crippen molar-refractivity contribution in [3.63, 3.8) is 0 Å². The maximum Gasteiger partial charge on any atom is 0.303 e. The first kappa shape index (κ1) is 24.2. The van der Waals surface area contributed by atoms with Crippen molar-refractivity contribution < 1.29 is 23.1 Å². The van der Waals surface area contributed by atoms with E-state index in [0.717, 1.165) is 11.1 Å². The molecule has 1 aliphatic rings. The van der Waals surface area contributed by atoms with Crippen LogP contribution in [0.3, 0.4) is 0 Å². The summed E-state index contributed by atoms with van der Waals surface area (Å²) >= 11 is 0. The van der Waals surface area contributed by atoms with Gasteiger partial charge in [0.2, 0.25) is 5.91 Å². The lowest BCUT2D eigenvalue weighted by Crippen LogP contribution is -2.27. The molecule has 1 atom stereocenters. The summed E-state index contributed by atoms with van der Waals surface area (Å²) in [5.74, 6) is -1.46. The van der Waals surface area contributed by atoms with Crippen LogP contribution >= 0.6 is 0 Å². The number of benzene rings is 3. The van der Waals surface area contributed by atoms with Gasteiger partial charge in [-0.3, -0.25) is 14.3 Å². The van der Waals surface area contributed by atoms with Gasteiger partial charge in [-0.1, -0.05) is 60.7 Å². The summed E-state index contributed by atoms with van der Waals surface area (Å²) in [6.45, 7) is 1.94. The number of nitrogens with one attached hydrogen (secondary N) is 1. The number of hydrogen-bond acceptors (Lipinski definition) is 5. The molecule has 1 heterocycles. The van der Waals surface area contributed by atoms with Gasteiger partial charge in [-0.2, -0.15) is 5.10 Å². The second-order valence-electron chi connectivity index (χ2n) is 8.22. The number of sulfonamides is 1. The number of carbonyl (C=O) groups excluding carboxylic acids is 1. The number of amides is 1. The van der Waals surface area contributed by atoms with Crippen molar-refractivity contribution in [2.24, 2.45) is 5.10 Å². The van der Waals surface area contributed by atoms with E-state index in [9.17, 15) is 18.0 Å². The maximum atomic E-state index is 13.0. The Morgan fingerprint density at radius 2 is 1.63 bits per heavy atom. The van der Waals surface area contributed by atoms with Crippen molar-refractivity contribution in [2.45, 2.75) is 37.1 Å². The van der Waals surface area contributed by atoms with Crippen LogP contribution < -0.4 is 4.72 Å². The van der Waals surface area contributed by atoms with Crippen LogP contribution in [0, 0.1) is 6.92 Å². The number of carboxylic acids is 1. The Balaban J connectivity index is 1.70. The zero-order chi connectivity index (χ0) is 25.0. The molecule has 0 radical (unpaired) electrons. The number of para-hydroxylation sites is 1. The fourth-order valence-corrected chi connectivity index (χ4v) is 5.16. The molecule has 180 valence electrons. The lowest BCUT2D eigenvalue weighted by atomic mass is 9.94. The van der Waals surface area contributed by atoms with E-state index >= 15 is 0 Å². The topological polar surface area (TPSA) is 116 Å². The highest BCUT2D eigenvalue weighted by atomic mass is 32.2. The zero-order valence-electron chi connectivity index (χ0n) is 19.1. The van der Waals surface area contributed by atoms with Crippen LogP contribution in [-0.4, -0.2) is 36.1 Å². The average Bonchev–Trinajstić information content (AvgIpc) is 3.28. The predicted molar refractivity (Wildman–Crippen MR) is 132 cm³/mol. The minimum absolute atomic E-state index is 0.131. The van der Waals surface area contributed by atoms with Crippen molar-refractivity contribution in [1.82, 2.24) is 5.01 Å². The van der Waals surface area contributed by atoms with Crippen LogP contribution in [0.4, 0.5) is 5.69 Å². The molecule has 2 N–H and O–H groups in total. The van der Waals surface area contributed by atoms with Gasteiger partial charge in [-0.15, -0.1) is 0 Å². The molecule has 0 aliphatic carbocycles. The SMILES string of the molecule is Cc1ccccc1[C@H]1CC(c2ccccc2NS(=O)(=O)c2ccccc2)=NN1C(=O)CCC(=O)O. The summed E-state index contributed by atoms with van der Waals surface area (Å²) in [6, 6.07) is 22.2. The van der Waals surface area contributed by atoms with Gasteiger partial charge in [0, 0.05) is 18.4 Å². The van der Waals surface area contributed by atoms with E-state index in [2.05, 4.69) is 9.82 Å². The molecule has 9 heteroatoms. The van der Waals surface area contributed by atoms with E-state index in [1.165, 1.54) is 17.1 Å². The molecular weight excluding hydrogens is 466 g/mol. The lowest BCUT2D eigenvalue weighted by Gasteiger charge is -2.23. The van der Waals surface area contributed by atoms with Gasteiger partial charge in [0.05, 0.1) is 28.8 Å². The van der Waals surface area contributed by atoms with E-state index in [1.54, 1.807) is 42.5 Å². The van der Waals surface area contributed by atoms with Crippen molar-refractivity contribution >= 4 is 33.3 Å². The van der Waals surface area contributed by atoms with Crippen LogP contribution in [0.1, 0.15) is 42.0 Å². The highest BCUT2D eigenvalue weighted by Gasteiger charge is 2.34. The summed E-state index contributed by atoms with van der Waals surface area (Å²) < 4.78 is 28.5. The van der Waals surface area contributed by atoms with Gasteiger partial charge in [-0.25, -0.2) is 13.4 Å². The number of hydrogen-bond donors (Lipinski definition) is 2. The van der Waals surface area contributed by atoms with Crippen LogP contribution in [0.5, 0.6) is 0 Å². The summed E-state index contributed by atoms with van der Waals surface area (Å²) in [4.78, 5) is 24.1. The molecule has 1 amide bonds. The zero-order valence-corrected chi connectivity index (χ0v) is 19.9. The maximum absolute atomic E-state index is 13.0. The van der Waals surface area contributed by atoms with Gasteiger partial charge in [0.25, 0.3) is 10.0 Å². The van der Waals surface area contributed by atoms with Gasteiger partial charge in [0.15, 0.2) is 0 Å². The Hall–Kier alpha value is -3.98. The molecule has 3 aromatic rings. The highest BCUT2D eigenvalue weighted by molar-refractivity contribution is 7.92. The molecule has 1 aliphatic heterocycles. The van der Waals surface area contributed by atoms with Crippen molar-refractivity contribution in [2.75, 3.05) is 4.72 Å². The third kappa shape index (κ3) is 5.41. The molecule has 35 heavy (non-hydrogen) atoms. The molecule has 0 fully saturated rings. The molecule has 3 aromatic carbocycles. The second-order valence-corrected chi connectivity index (χ2v) is 9.90. The van der Waals surface area contributed by atoms with Gasteiger partial charge < -0.3 is 5.11 Å². The lowest BCUT2D eigenvalue weighted by molar-refractivity contribution is -0.141. The van der Waals surface area contributed by atoms with Crippen LogP contribution in [0.2, 0.25) is 0 Å². The van der Waals surface area contributed by atoms with E-state index < -0.39 is 27.9 Å². The Bertz CT molecular complexity index is 1390. The summed E-state index contributed by atoms with van der Waals surface area (Å²) in [7, 11) is -3.84. The molecule has 0 aromatic heterocycles. The van der Waals surface area contributed by atoms with Crippen LogP contribution in [0.15, 0.2) is 88.9 Å². The van der Waals surface area contributed by atoms with Gasteiger partial charge in [-0.05, 0) is 36.2 Å². The Morgan fingerprint density at radius 1 is 0.971 bits per heavy atom. The number of carboxylic acid groups (broad SMARTS) is 1. The molecule has 0 bridgehead atoms. The molecule has 0 saturated carbocycles. The predicted octanol–water partition coefficient (Wildman–Crippen LogP) is 4.34. The first-order valence-corrected chi connectivity index (χ1v) is 12.6. The van der Waals surface area contributed by atoms with Gasteiger partial charge >= 0.3 is 5.97 Å². The number of aryl methyl sites for hydroxylation is 1. The Morgan fingerprint density at radius 3 is 2.34 bits per heavy atom. The average molecular weight is 492 g/mol. The number of rotatable bonds is 8. The largest absolute Gasteiger partial charge is 0.481 e. The fraction of sp³-hybridized carbons (Fsp3) is 0.192. The molecule has 4 rings (SSSR count). The van der Waals surface area contributed by atoms with E-state index in [0.29, 0.717) is 23.4 Å². The van der Waals surface area contributed by atoms with E-state index in [1.807, 2.05) is 31.2 Å².